The van der Waals surface area contributed by atoms with Crippen LogP contribution in [0.1, 0.15) is 24.8 Å². The fourth-order valence-corrected chi connectivity index (χ4v) is 5.30. The zero-order chi connectivity index (χ0) is 20.4. The molecule has 0 unspecified atom stereocenters. The Kier molecular flexibility index (Phi) is 5.74. The Bertz CT molecular complexity index is 874. The smallest absolute Gasteiger partial charge is 0.251 e. The normalized spacial score (nSPS) is 24.1. The first-order valence-electron chi connectivity index (χ1n) is 10.2. The number of hydrogen-bond acceptors (Lipinski definition) is 4. The van der Waals surface area contributed by atoms with Crippen molar-refractivity contribution in [2.45, 2.75) is 31.8 Å². The fraction of sp³-hybridized carbons (Fsp3) is 0.478. The van der Waals surface area contributed by atoms with Gasteiger partial charge in [-0.3, -0.25) is 9.59 Å². The topological polar surface area (TPSA) is 49.9 Å². The number of carbonyl (C=O) groups is 2. The van der Waals surface area contributed by atoms with E-state index in [1.54, 1.807) is 30.3 Å². The molecule has 0 N–H and O–H groups in total. The molecule has 2 atom stereocenters. The lowest BCUT2D eigenvalue weighted by molar-refractivity contribution is -0.142. The third-order valence-electron chi connectivity index (χ3n) is 6.01. The molecule has 6 heteroatoms. The summed E-state index contributed by atoms with van der Waals surface area (Å²) in [5.41, 5.74) is 1.74. The standard InChI is InChI=1S/C23H28N2O3S/c1-24(2)22(27)23(10-11-25(16-23)21(26)19-8-4-12-28-19)15-17-6-3-7-18(14-17)20-9-5-13-29-20/h3,5-7,9,13-14,19H,4,8,10-12,15-16H2,1-2H3/t19-,23+/m0/s1. The fourth-order valence-electron chi connectivity index (χ4n) is 4.57. The van der Waals surface area contributed by atoms with Crippen LogP contribution in [-0.2, 0) is 20.7 Å². The highest BCUT2D eigenvalue weighted by Gasteiger charge is 2.47. The number of hydrogen-bond donors (Lipinski definition) is 0. The van der Waals surface area contributed by atoms with E-state index >= 15 is 0 Å². The van der Waals surface area contributed by atoms with Gasteiger partial charge in [-0.25, -0.2) is 0 Å². The summed E-state index contributed by atoms with van der Waals surface area (Å²) in [6, 6.07) is 12.6. The number of rotatable bonds is 5. The van der Waals surface area contributed by atoms with Gasteiger partial charge in [-0.15, -0.1) is 11.3 Å². The molecule has 4 rings (SSSR count). The second-order valence-corrected chi connectivity index (χ2v) is 9.29. The monoisotopic (exact) mass is 412 g/mol. The molecule has 5 nitrogen and oxygen atoms in total. The van der Waals surface area contributed by atoms with Crippen LogP contribution in [0.4, 0.5) is 0 Å². The number of amides is 2. The first kappa shape index (κ1) is 20.1. The van der Waals surface area contributed by atoms with Crippen LogP contribution < -0.4 is 0 Å². The predicted octanol–water partition coefficient (Wildman–Crippen LogP) is 3.44. The number of ether oxygens (including phenoxy) is 1. The molecular weight excluding hydrogens is 384 g/mol. The van der Waals surface area contributed by atoms with Gasteiger partial charge in [-0.05, 0) is 48.3 Å². The largest absolute Gasteiger partial charge is 0.368 e. The van der Waals surface area contributed by atoms with E-state index in [9.17, 15) is 9.59 Å². The van der Waals surface area contributed by atoms with E-state index in [-0.39, 0.29) is 17.9 Å². The number of nitrogens with zero attached hydrogens (tertiary/aromatic N) is 2. The van der Waals surface area contributed by atoms with Gasteiger partial charge in [0.05, 0.1) is 5.41 Å². The third-order valence-corrected chi connectivity index (χ3v) is 6.92. The summed E-state index contributed by atoms with van der Waals surface area (Å²) in [6.45, 7) is 1.73. The zero-order valence-corrected chi connectivity index (χ0v) is 17.9. The highest BCUT2D eigenvalue weighted by Crippen LogP contribution is 2.38. The predicted molar refractivity (Wildman–Crippen MR) is 115 cm³/mol. The van der Waals surface area contributed by atoms with Crippen LogP contribution in [0.5, 0.6) is 0 Å². The van der Waals surface area contributed by atoms with Crippen LogP contribution in [0.15, 0.2) is 41.8 Å². The van der Waals surface area contributed by atoms with Crippen LogP contribution in [0.25, 0.3) is 10.4 Å². The molecule has 29 heavy (non-hydrogen) atoms. The molecule has 0 radical (unpaired) electrons. The first-order valence-corrected chi connectivity index (χ1v) is 11.1. The molecule has 2 fully saturated rings. The van der Waals surface area contributed by atoms with Crippen molar-refractivity contribution in [2.75, 3.05) is 33.8 Å². The second kappa shape index (κ2) is 8.28. The molecule has 2 saturated heterocycles. The van der Waals surface area contributed by atoms with Gasteiger partial charge in [0, 0.05) is 38.7 Å². The summed E-state index contributed by atoms with van der Waals surface area (Å²) in [6.07, 6.45) is 2.71. The Morgan fingerprint density at radius 2 is 2.14 bits per heavy atom. The van der Waals surface area contributed by atoms with Crippen molar-refractivity contribution in [3.63, 3.8) is 0 Å². The van der Waals surface area contributed by atoms with Gasteiger partial charge in [-0.2, -0.15) is 0 Å². The minimum absolute atomic E-state index is 0.0447. The highest BCUT2D eigenvalue weighted by molar-refractivity contribution is 7.13. The minimum Gasteiger partial charge on any atom is -0.368 e. The van der Waals surface area contributed by atoms with Crippen molar-refractivity contribution in [1.82, 2.24) is 9.80 Å². The Balaban J connectivity index is 1.57. The van der Waals surface area contributed by atoms with Gasteiger partial charge in [0.1, 0.15) is 6.10 Å². The maximum Gasteiger partial charge on any atom is 0.251 e. The average Bonchev–Trinajstić information content (AvgIpc) is 3.49. The summed E-state index contributed by atoms with van der Waals surface area (Å²) in [4.78, 5) is 30.8. The SMILES string of the molecule is CN(C)C(=O)[C@@]1(Cc2cccc(-c3cccs3)c2)CCN(C(=O)[C@@H]2CCCO2)C1. The van der Waals surface area contributed by atoms with Crippen LogP contribution in [0, 0.1) is 5.41 Å². The van der Waals surface area contributed by atoms with E-state index in [0.717, 1.165) is 18.4 Å². The van der Waals surface area contributed by atoms with E-state index in [2.05, 4.69) is 41.8 Å². The molecule has 3 heterocycles. The van der Waals surface area contributed by atoms with E-state index in [1.807, 2.05) is 4.90 Å². The summed E-state index contributed by atoms with van der Waals surface area (Å²) < 4.78 is 5.59. The number of thiophene rings is 1. The molecule has 0 saturated carbocycles. The quantitative estimate of drug-likeness (QED) is 0.756. The van der Waals surface area contributed by atoms with E-state index in [0.29, 0.717) is 32.5 Å². The molecule has 1 aromatic carbocycles. The van der Waals surface area contributed by atoms with Crippen molar-refractivity contribution < 1.29 is 14.3 Å². The number of carbonyl (C=O) groups excluding carboxylic acids is 2. The second-order valence-electron chi connectivity index (χ2n) is 8.35. The Morgan fingerprint density at radius 3 is 2.83 bits per heavy atom. The van der Waals surface area contributed by atoms with Crippen LogP contribution >= 0.6 is 11.3 Å². The molecule has 154 valence electrons. The van der Waals surface area contributed by atoms with Crippen LogP contribution in [0.3, 0.4) is 0 Å². The van der Waals surface area contributed by atoms with Crippen molar-refractivity contribution in [1.29, 1.82) is 0 Å². The molecule has 2 amide bonds. The van der Waals surface area contributed by atoms with E-state index in [4.69, 9.17) is 4.74 Å². The van der Waals surface area contributed by atoms with Gasteiger partial charge in [0.15, 0.2) is 0 Å². The van der Waals surface area contributed by atoms with Gasteiger partial charge in [0.2, 0.25) is 5.91 Å². The first-order chi connectivity index (χ1) is 14.0. The minimum atomic E-state index is -0.578. The summed E-state index contributed by atoms with van der Waals surface area (Å²) in [5, 5.41) is 2.07. The third kappa shape index (κ3) is 4.09. The molecule has 2 aromatic rings. The summed E-state index contributed by atoms with van der Waals surface area (Å²) in [5.74, 6) is 0.143. The zero-order valence-electron chi connectivity index (χ0n) is 17.1. The molecule has 1 aromatic heterocycles. The Morgan fingerprint density at radius 1 is 1.28 bits per heavy atom. The molecule has 2 aliphatic heterocycles. The van der Waals surface area contributed by atoms with E-state index < -0.39 is 5.41 Å². The van der Waals surface area contributed by atoms with Gasteiger partial charge in [-0.1, -0.05) is 30.3 Å². The van der Waals surface area contributed by atoms with Crippen molar-refractivity contribution in [3.05, 3.63) is 47.3 Å². The number of likely N-dealkylation sites (tertiary alicyclic amines) is 1. The van der Waals surface area contributed by atoms with Crippen molar-refractivity contribution in [3.8, 4) is 10.4 Å². The van der Waals surface area contributed by atoms with Gasteiger partial charge >= 0.3 is 0 Å². The number of benzene rings is 1. The summed E-state index contributed by atoms with van der Waals surface area (Å²) in [7, 11) is 3.60. The lowest BCUT2D eigenvalue weighted by Gasteiger charge is -2.31. The molecule has 2 aliphatic rings. The Labute approximate surface area is 176 Å². The highest BCUT2D eigenvalue weighted by atomic mass is 32.1. The molecule has 0 spiro atoms. The maximum absolute atomic E-state index is 13.2. The van der Waals surface area contributed by atoms with Crippen molar-refractivity contribution >= 4 is 23.2 Å². The van der Waals surface area contributed by atoms with Gasteiger partial charge < -0.3 is 14.5 Å². The Hall–Kier alpha value is -2.18. The maximum atomic E-state index is 13.2. The van der Waals surface area contributed by atoms with Crippen LogP contribution in [-0.4, -0.2) is 61.5 Å². The molecule has 0 bridgehead atoms. The van der Waals surface area contributed by atoms with Gasteiger partial charge in [0.25, 0.3) is 5.91 Å². The lowest BCUT2D eigenvalue weighted by Crippen LogP contribution is -2.46. The molecular formula is C23H28N2O3S. The lowest BCUT2D eigenvalue weighted by atomic mass is 9.79. The average molecular weight is 413 g/mol. The van der Waals surface area contributed by atoms with E-state index in [1.165, 1.54) is 10.4 Å². The van der Waals surface area contributed by atoms with Crippen molar-refractivity contribution in [2.24, 2.45) is 5.41 Å². The van der Waals surface area contributed by atoms with Crippen LogP contribution in [0.2, 0.25) is 0 Å². The summed E-state index contributed by atoms with van der Waals surface area (Å²) >= 11 is 1.71. The molecule has 0 aliphatic carbocycles.